The molecule has 1 aromatic heterocycles. The van der Waals surface area contributed by atoms with Crippen molar-refractivity contribution in [3.05, 3.63) is 40.7 Å². The minimum atomic E-state index is -0.174. The van der Waals surface area contributed by atoms with Gasteiger partial charge >= 0.3 is 0 Å². The Morgan fingerprint density at radius 1 is 0.810 bits per heavy atom. The molecule has 0 saturated heterocycles. The normalized spacial score (nSPS) is 10.8. The van der Waals surface area contributed by atoms with Crippen molar-refractivity contribution >= 4 is 21.7 Å². The number of fused-ring (bicyclic) bond motifs is 3. The van der Waals surface area contributed by atoms with Crippen LogP contribution in [0.1, 0.15) is 0 Å². The fourth-order valence-corrected chi connectivity index (χ4v) is 2.47. The number of H-pyrrole nitrogens is 1. The Morgan fingerprint density at radius 2 is 1.48 bits per heavy atom. The second kappa shape index (κ2) is 5.01. The van der Waals surface area contributed by atoms with Crippen molar-refractivity contribution in [2.24, 2.45) is 0 Å². The highest BCUT2D eigenvalue weighted by molar-refractivity contribution is 6.06. The van der Waals surface area contributed by atoms with Crippen LogP contribution >= 0.6 is 0 Å². The predicted molar refractivity (Wildman–Crippen MR) is 81.7 cm³/mol. The molecule has 0 radical (unpaired) electrons. The van der Waals surface area contributed by atoms with Gasteiger partial charge in [0.15, 0.2) is 11.5 Å². The maximum atomic E-state index is 12.3. The van der Waals surface area contributed by atoms with Crippen LogP contribution in [0.5, 0.6) is 17.2 Å². The number of aromatic nitrogens is 1. The molecule has 0 aliphatic rings. The zero-order chi connectivity index (χ0) is 15.0. The van der Waals surface area contributed by atoms with Crippen LogP contribution in [0.15, 0.2) is 35.1 Å². The monoisotopic (exact) mass is 285 g/mol. The van der Waals surface area contributed by atoms with Crippen molar-refractivity contribution in [3.8, 4) is 17.2 Å². The van der Waals surface area contributed by atoms with Crippen molar-refractivity contribution in [1.82, 2.24) is 4.98 Å². The number of ether oxygens (including phenoxy) is 3. The summed E-state index contributed by atoms with van der Waals surface area (Å²) in [5.41, 5.74) is 0.547. The molecule has 3 aromatic rings. The van der Waals surface area contributed by atoms with Gasteiger partial charge in [-0.15, -0.1) is 0 Å². The number of pyridine rings is 1. The summed E-state index contributed by atoms with van der Waals surface area (Å²) in [5.74, 6) is 1.81. The molecule has 0 spiro atoms. The minimum absolute atomic E-state index is 0.174. The molecule has 5 nitrogen and oxygen atoms in total. The van der Waals surface area contributed by atoms with Gasteiger partial charge in [0.2, 0.25) is 0 Å². The third kappa shape index (κ3) is 2.07. The summed E-state index contributed by atoms with van der Waals surface area (Å²) in [5, 5.41) is 2.30. The van der Waals surface area contributed by atoms with Gasteiger partial charge in [-0.3, -0.25) is 4.79 Å². The van der Waals surface area contributed by atoms with Crippen LogP contribution in [0, 0.1) is 0 Å². The van der Waals surface area contributed by atoms with Gasteiger partial charge in [0.1, 0.15) is 5.75 Å². The molecule has 0 fully saturated rings. The van der Waals surface area contributed by atoms with Gasteiger partial charge in [0, 0.05) is 16.8 Å². The molecule has 108 valence electrons. The molecule has 5 heteroatoms. The SMILES string of the molecule is COc1ccc2c(c1)[nH]c(=O)c1cc(OC)c(OC)cc12. The lowest BCUT2D eigenvalue weighted by Crippen LogP contribution is -2.07. The summed E-state index contributed by atoms with van der Waals surface area (Å²) in [4.78, 5) is 15.1. The van der Waals surface area contributed by atoms with Gasteiger partial charge in [-0.25, -0.2) is 0 Å². The van der Waals surface area contributed by atoms with E-state index in [1.54, 1.807) is 33.5 Å². The van der Waals surface area contributed by atoms with Crippen molar-refractivity contribution in [1.29, 1.82) is 0 Å². The predicted octanol–water partition coefficient (Wildman–Crippen LogP) is 2.71. The maximum Gasteiger partial charge on any atom is 0.256 e. The standard InChI is InChI=1S/C16H15NO4/c1-19-9-4-5-10-11-7-14(20-2)15(21-3)8-12(11)16(18)17-13(10)6-9/h4-8H,1-3H3,(H,17,18). The Bertz CT molecular complexity index is 883. The Kier molecular flexibility index (Phi) is 3.17. The van der Waals surface area contributed by atoms with Gasteiger partial charge in [0.25, 0.3) is 5.56 Å². The second-order valence-corrected chi connectivity index (χ2v) is 4.62. The highest BCUT2D eigenvalue weighted by Gasteiger charge is 2.12. The number of aromatic amines is 1. The van der Waals surface area contributed by atoms with Gasteiger partial charge in [-0.05, 0) is 24.3 Å². The number of benzene rings is 2. The van der Waals surface area contributed by atoms with E-state index >= 15 is 0 Å². The molecule has 0 atom stereocenters. The maximum absolute atomic E-state index is 12.3. The van der Waals surface area contributed by atoms with E-state index in [4.69, 9.17) is 14.2 Å². The smallest absolute Gasteiger partial charge is 0.256 e. The molecule has 0 aliphatic carbocycles. The molecule has 0 saturated carbocycles. The fourth-order valence-electron chi connectivity index (χ4n) is 2.47. The van der Waals surface area contributed by atoms with Crippen LogP contribution < -0.4 is 19.8 Å². The van der Waals surface area contributed by atoms with E-state index in [1.807, 2.05) is 18.2 Å². The lowest BCUT2D eigenvalue weighted by Gasteiger charge is -2.11. The second-order valence-electron chi connectivity index (χ2n) is 4.62. The fraction of sp³-hybridized carbons (Fsp3) is 0.188. The lowest BCUT2D eigenvalue weighted by molar-refractivity contribution is 0.356. The topological polar surface area (TPSA) is 60.6 Å². The van der Waals surface area contributed by atoms with E-state index < -0.39 is 0 Å². The molecule has 1 heterocycles. The van der Waals surface area contributed by atoms with Gasteiger partial charge in [-0.1, -0.05) is 0 Å². The highest BCUT2D eigenvalue weighted by atomic mass is 16.5. The summed E-state index contributed by atoms with van der Waals surface area (Å²) in [6.45, 7) is 0. The Morgan fingerprint density at radius 3 is 2.10 bits per heavy atom. The zero-order valence-corrected chi connectivity index (χ0v) is 12.0. The average Bonchev–Trinajstić information content (AvgIpc) is 2.53. The Labute approximate surface area is 121 Å². The largest absolute Gasteiger partial charge is 0.497 e. The number of hydrogen-bond acceptors (Lipinski definition) is 4. The van der Waals surface area contributed by atoms with E-state index in [-0.39, 0.29) is 5.56 Å². The molecule has 2 aromatic carbocycles. The highest BCUT2D eigenvalue weighted by Crippen LogP contribution is 2.34. The molecule has 21 heavy (non-hydrogen) atoms. The molecular weight excluding hydrogens is 270 g/mol. The Hall–Kier alpha value is -2.69. The molecule has 0 unspecified atom stereocenters. The third-order valence-electron chi connectivity index (χ3n) is 3.53. The van der Waals surface area contributed by atoms with Crippen LogP contribution in [0.3, 0.4) is 0 Å². The number of rotatable bonds is 3. The van der Waals surface area contributed by atoms with E-state index in [0.29, 0.717) is 22.6 Å². The minimum Gasteiger partial charge on any atom is -0.497 e. The van der Waals surface area contributed by atoms with Crippen LogP contribution in [-0.2, 0) is 0 Å². The summed E-state index contributed by atoms with van der Waals surface area (Å²) in [6.07, 6.45) is 0. The molecule has 3 rings (SSSR count). The van der Waals surface area contributed by atoms with Crippen molar-refractivity contribution in [3.63, 3.8) is 0 Å². The van der Waals surface area contributed by atoms with Gasteiger partial charge in [0.05, 0.1) is 32.2 Å². The van der Waals surface area contributed by atoms with Gasteiger partial charge in [-0.2, -0.15) is 0 Å². The van der Waals surface area contributed by atoms with Crippen LogP contribution in [0.4, 0.5) is 0 Å². The molecule has 0 bridgehead atoms. The van der Waals surface area contributed by atoms with E-state index in [1.165, 1.54) is 0 Å². The molecular formula is C16H15NO4. The molecule has 0 amide bonds. The number of hydrogen-bond donors (Lipinski definition) is 1. The summed E-state index contributed by atoms with van der Waals surface area (Å²) < 4.78 is 15.8. The average molecular weight is 285 g/mol. The summed E-state index contributed by atoms with van der Waals surface area (Å²) in [6, 6.07) is 9.08. The van der Waals surface area contributed by atoms with Crippen molar-refractivity contribution < 1.29 is 14.2 Å². The quantitative estimate of drug-likeness (QED) is 0.752. The first-order valence-corrected chi connectivity index (χ1v) is 6.43. The molecule has 0 aliphatic heterocycles. The van der Waals surface area contributed by atoms with E-state index in [0.717, 1.165) is 16.3 Å². The van der Waals surface area contributed by atoms with Gasteiger partial charge < -0.3 is 19.2 Å². The summed E-state index contributed by atoms with van der Waals surface area (Å²) in [7, 11) is 4.71. The summed E-state index contributed by atoms with van der Waals surface area (Å²) >= 11 is 0. The van der Waals surface area contributed by atoms with Crippen LogP contribution in [0.2, 0.25) is 0 Å². The first kappa shape index (κ1) is 13.3. The van der Waals surface area contributed by atoms with Crippen LogP contribution in [-0.4, -0.2) is 26.3 Å². The van der Waals surface area contributed by atoms with E-state index in [2.05, 4.69) is 4.98 Å². The molecule has 1 N–H and O–H groups in total. The van der Waals surface area contributed by atoms with Crippen LogP contribution in [0.25, 0.3) is 21.7 Å². The van der Waals surface area contributed by atoms with Crippen molar-refractivity contribution in [2.75, 3.05) is 21.3 Å². The first-order chi connectivity index (χ1) is 10.2. The Balaban J connectivity index is 2.45. The number of methoxy groups -OCH3 is 3. The number of nitrogens with one attached hydrogen (secondary N) is 1. The first-order valence-electron chi connectivity index (χ1n) is 6.43. The van der Waals surface area contributed by atoms with E-state index in [9.17, 15) is 4.79 Å². The third-order valence-corrected chi connectivity index (χ3v) is 3.53. The zero-order valence-electron chi connectivity index (χ0n) is 12.0. The van der Waals surface area contributed by atoms with Crippen molar-refractivity contribution in [2.45, 2.75) is 0 Å². The lowest BCUT2D eigenvalue weighted by atomic mass is 10.1.